The summed E-state index contributed by atoms with van der Waals surface area (Å²) in [5.74, 6) is -0.317. The summed E-state index contributed by atoms with van der Waals surface area (Å²) in [5, 5.41) is 3.78. The van der Waals surface area contributed by atoms with Crippen molar-refractivity contribution in [3.8, 4) is 0 Å². The normalized spacial score (nSPS) is 15.2. The first-order chi connectivity index (χ1) is 13.8. The molecule has 1 heterocycles. The molecule has 1 amide bonds. The van der Waals surface area contributed by atoms with E-state index in [1.165, 1.54) is 4.31 Å². The minimum atomic E-state index is -3.45. The Morgan fingerprint density at radius 2 is 1.72 bits per heavy atom. The van der Waals surface area contributed by atoms with Crippen molar-refractivity contribution in [1.29, 1.82) is 0 Å². The molecule has 0 atom stereocenters. The Morgan fingerprint density at radius 1 is 1.03 bits per heavy atom. The topological polar surface area (TPSA) is 75.7 Å². The molecule has 2 aromatic rings. The average molecular weight is 457 g/mol. The molecule has 1 saturated heterocycles. The van der Waals surface area contributed by atoms with Crippen molar-refractivity contribution < 1.29 is 17.9 Å². The van der Waals surface area contributed by atoms with E-state index >= 15 is 0 Å². The number of ether oxygens (including phenoxy) is 1. The predicted molar refractivity (Wildman–Crippen MR) is 113 cm³/mol. The Labute approximate surface area is 180 Å². The molecule has 0 aromatic heterocycles. The van der Waals surface area contributed by atoms with Gasteiger partial charge >= 0.3 is 0 Å². The lowest BCUT2D eigenvalue weighted by Gasteiger charge is -2.26. The van der Waals surface area contributed by atoms with Crippen LogP contribution in [0.2, 0.25) is 10.0 Å². The highest BCUT2D eigenvalue weighted by molar-refractivity contribution is 7.88. The first kappa shape index (κ1) is 22.1. The summed E-state index contributed by atoms with van der Waals surface area (Å²) in [6.07, 6.45) is 0.115. The number of nitrogens with one attached hydrogen (secondary N) is 1. The Morgan fingerprint density at radius 3 is 2.41 bits per heavy atom. The quantitative estimate of drug-likeness (QED) is 0.694. The third-order valence-corrected chi connectivity index (χ3v) is 7.08. The van der Waals surface area contributed by atoms with E-state index in [9.17, 15) is 13.2 Å². The fraction of sp³-hybridized carbons (Fsp3) is 0.350. The van der Waals surface area contributed by atoms with Gasteiger partial charge in [-0.3, -0.25) is 4.79 Å². The van der Waals surface area contributed by atoms with E-state index in [-0.39, 0.29) is 24.6 Å². The molecule has 29 heavy (non-hydrogen) atoms. The smallest absolute Gasteiger partial charge is 0.224 e. The van der Waals surface area contributed by atoms with Crippen LogP contribution in [-0.4, -0.2) is 44.9 Å². The minimum absolute atomic E-state index is 0.109. The van der Waals surface area contributed by atoms with Crippen LogP contribution in [-0.2, 0) is 38.3 Å². The van der Waals surface area contributed by atoms with Gasteiger partial charge in [-0.25, -0.2) is 8.42 Å². The van der Waals surface area contributed by atoms with Crippen molar-refractivity contribution in [2.75, 3.05) is 26.3 Å². The van der Waals surface area contributed by atoms with Gasteiger partial charge in [0, 0.05) is 29.7 Å². The SMILES string of the molecule is O=C(Cc1ccc(Cl)cc1Cl)NCc1ccccc1CS(=O)(=O)N1CCOCC1. The summed E-state index contributed by atoms with van der Waals surface area (Å²) < 4.78 is 32.1. The zero-order valence-electron chi connectivity index (χ0n) is 15.7. The molecule has 3 rings (SSSR count). The van der Waals surface area contributed by atoms with Crippen LogP contribution in [0.4, 0.5) is 0 Å². The lowest BCUT2D eigenvalue weighted by atomic mass is 10.1. The highest BCUT2D eigenvalue weighted by Gasteiger charge is 2.25. The van der Waals surface area contributed by atoms with Crippen molar-refractivity contribution in [2.45, 2.75) is 18.7 Å². The molecule has 1 aliphatic heterocycles. The summed E-state index contributed by atoms with van der Waals surface area (Å²) in [7, 11) is -3.45. The minimum Gasteiger partial charge on any atom is -0.379 e. The van der Waals surface area contributed by atoms with Crippen molar-refractivity contribution in [3.05, 3.63) is 69.2 Å². The van der Waals surface area contributed by atoms with Crippen LogP contribution in [0, 0.1) is 0 Å². The fourth-order valence-corrected chi connectivity index (χ4v) is 5.12. The van der Waals surface area contributed by atoms with E-state index in [0.717, 1.165) is 5.56 Å². The molecule has 0 aliphatic carbocycles. The maximum atomic E-state index is 12.7. The number of carbonyl (C=O) groups excluding carboxylic acids is 1. The van der Waals surface area contributed by atoms with Crippen molar-refractivity contribution in [3.63, 3.8) is 0 Å². The van der Waals surface area contributed by atoms with Crippen LogP contribution in [0.15, 0.2) is 42.5 Å². The van der Waals surface area contributed by atoms with Gasteiger partial charge in [-0.05, 0) is 28.8 Å². The van der Waals surface area contributed by atoms with Crippen LogP contribution in [0.1, 0.15) is 16.7 Å². The third-order valence-electron chi connectivity index (χ3n) is 4.66. The lowest BCUT2D eigenvalue weighted by Crippen LogP contribution is -2.41. The van der Waals surface area contributed by atoms with Crippen LogP contribution in [0.5, 0.6) is 0 Å². The second-order valence-electron chi connectivity index (χ2n) is 6.73. The van der Waals surface area contributed by atoms with Crippen molar-refractivity contribution in [1.82, 2.24) is 9.62 Å². The molecule has 0 spiro atoms. The zero-order valence-corrected chi connectivity index (χ0v) is 18.1. The van der Waals surface area contributed by atoms with E-state index in [4.69, 9.17) is 27.9 Å². The standard InChI is InChI=1S/C20H22Cl2N2O4S/c21-18-6-5-15(19(22)12-18)11-20(25)23-13-16-3-1-2-4-17(16)14-29(26,27)24-7-9-28-10-8-24/h1-6,12H,7-11,13-14H2,(H,23,25). The van der Waals surface area contributed by atoms with Crippen molar-refractivity contribution in [2.24, 2.45) is 0 Å². The van der Waals surface area contributed by atoms with Gasteiger partial charge in [-0.2, -0.15) is 4.31 Å². The molecule has 0 saturated carbocycles. The number of amides is 1. The van der Waals surface area contributed by atoms with Gasteiger partial charge in [0.25, 0.3) is 0 Å². The molecular weight excluding hydrogens is 435 g/mol. The fourth-order valence-electron chi connectivity index (χ4n) is 3.08. The van der Waals surface area contributed by atoms with Crippen LogP contribution < -0.4 is 5.32 Å². The Hall–Kier alpha value is -1.64. The van der Waals surface area contributed by atoms with Gasteiger partial charge in [-0.15, -0.1) is 0 Å². The molecule has 0 radical (unpaired) electrons. The largest absolute Gasteiger partial charge is 0.379 e. The van der Waals surface area contributed by atoms with E-state index in [0.29, 0.717) is 47.5 Å². The predicted octanol–water partition coefficient (Wildman–Crippen LogP) is 3.01. The number of carbonyl (C=O) groups is 1. The van der Waals surface area contributed by atoms with E-state index in [2.05, 4.69) is 5.32 Å². The monoisotopic (exact) mass is 456 g/mol. The number of hydrogen-bond donors (Lipinski definition) is 1. The summed E-state index contributed by atoms with van der Waals surface area (Å²) >= 11 is 12.0. The number of nitrogens with zero attached hydrogens (tertiary/aromatic N) is 1. The molecule has 0 bridgehead atoms. The van der Waals surface area contributed by atoms with E-state index < -0.39 is 10.0 Å². The first-order valence-corrected chi connectivity index (χ1v) is 11.5. The zero-order chi connectivity index (χ0) is 20.9. The summed E-state index contributed by atoms with van der Waals surface area (Å²) in [6.45, 7) is 1.78. The second kappa shape index (κ2) is 9.91. The average Bonchev–Trinajstić information content (AvgIpc) is 2.70. The Balaban J connectivity index is 1.63. The number of halogens is 2. The third kappa shape index (κ3) is 6.17. The van der Waals surface area contributed by atoms with Crippen molar-refractivity contribution >= 4 is 39.1 Å². The number of morpholine rings is 1. The molecule has 1 N–H and O–H groups in total. The number of benzene rings is 2. The van der Waals surface area contributed by atoms with Gasteiger partial charge in [0.2, 0.25) is 15.9 Å². The highest BCUT2D eigenvalue weighted by Crippen LogP contribution is 2.21. The molecule has 6 nitrogen and oxygen atoms in total. The second-order valence-corrected chi connectivity index (χ2v) is 9.54. The number of sulfonamides is 1. The van der Waals surface area contributed by atoms with Gasteiger partial charge in [0.1, 0.15) is 0 Å². The van der Waals surface area contributed by atoms with Crippen LogP contribution in [0.3, 0.4) is 0 Å². The van der Waals surface area contributed by atoms with Gasteiger partial charge < -0.3 is 10.1 Å². The molecule has 9 heteroatoms. The first-order valence-electron chi connectivity index (χ1n) is 9.18. The molecule has 1 aliphatic rings. The van der Waals surface area contributed by atoms with Crippen LogP contribution in [0.25, 0.3) is 0 Å². The number of rotatable bonds is 7. The lowest BCUT2D eigenvalue weighted by molar-refractivity contribution is -0.120. The molecule has 1 fully saturated rings. The van der Waals surface area contributed by atoms with Gasteiger partial charge in [0.15, 0.2) is 0 Å². The Bertz CT molecular complexity index is 976. The summed E-state index contributed by atoms with van der Waals surface area (Å²) in [6, 6.07) is 12.2. The van der Waals surface area contributed by atoms with E-state index in [1.54, 1.807) is 30.3 Å². The van der Waals surface area contributed by atoms with Crippen LogP contribution >= 0.6 is 23.2 Å². The molecule has 2 aromatic carbocycles. The Kier molecular flexibility index (Phi) is 7.54. The van der Waals surface area contributed by atoms with Gasteiger partial charge in [0.05, 0.1) is 25.4 Å². The summed E-state index contributed by atoms with van der Waals surface area (Å²) in [4.78, 5) is 12.3. The van der Waals surface area contributed by atoms with Gasteiger partial charge in [-0.1, -0.05) is 53.5 Å². The maximum absolute atomic E-state index is 12.7. The molecule has 0 unspecified atom stereocenters. The highest BCUT2D eigenvalue weighted by atomic mass is 35.5. The molecular formula is C20H22Cl2N2O4S. The summed E-state index contributed by atoms with van der Waals surface area (Å²) in [5.41, 5.74) is 2.11. The maximum Gasteiger partial charge on any atom is 0.224 e. The van der Waals surface area contributed by atoms with E-state index in [1.807, 2.05) is 12.1 Å². The molecule has 156 valence electrons. The number of hydrogen-bond acceptors (Lipinski definition) is 4.